The van der Waals surface area contributed by atoms with Crippen molar-refractivity contribution in [2.24, 2.45) is 5.92 Å². The summed E-state index contributed by atoms with van der Waals surface area (Å²) in [7, 11) is 0. The summed E-state index contributed by atoms with van der Waals surface area (Å²) < 4.78 is 0. The van der Waals surface area contributed by atoms with Crippen molar-refractivity contribution in [2.75, 3.05) is 19.6 Å². The van der Waals surface area contributed by atoms with E-state index < -0.39 is 0 Å². The number of likely N-dealkylation sites (tertiary alicyclic amines) is 1. The SMILES string of the molecule is Cc1nc(C)c(C(C)N2CCC(CNC(C)(C)C)C2)s1. The van der Waals surface area contributed by atoms with Gasteiger partial charge in [-0.15, -0.1) is 11.3 Å². The van der Waals surface area contributed by atoms with E-state index in [4.69, 9.17) is 0 Å². The third kappa shape index (κ3) is 4.03. The number of rotatable bonds is 4. The topological polar surface area (TPSA) is 28.2 Å². The standard InChI is InChI=1S/C16H29N3S/c1-11-15(20-13(3)18-11)12(2)19-8-7-14(10-19)9-17-16(4,5)6/h12,14,17H,7-10H2,1-6H3. The van der Waals surface area contributed by atoms with Crippen LogP contribution >= 0.6 is 11.3 Å². The molecule has 2 rings (SSSR count). The molecular weight excluding hydrogens is 266 g/mol. The summed E-state index contributed by atoms with van der Waals surface area (Å²) in [6.07, 6.45) is 1.31. The van der Waals surface area contributed by atoms with Crippen molar-refractivity contribution in [2.45, 2.75) is 59.5 Å². The predicted octanol–water partition coefficient (Wildman–Crippen LogP) is 3.53. The van der Waals surface area contributed by atoms with Crippen molar-refractivity contribution in [3.8, 4) is 0 Å². The lowest BCUT2D eigenvalue weighted by molar-refractivity contribution is 0.251. The third-order valence-corrected chi connectivity index (χ3v) is 5.35. The maximum Gasteiger partial charge on any atom is 0.0900 e. The molecule has 20 heavy (non-hydrogen) atoms. The Hall–Kier alpha value is -0.450. The van der Waals surface area contributed by atoms with Gasteiger partial charge in [0, 0.05) is 23.0 Å². The van der Waals surface area contributed by atoms with E-state index in [-0.39, 0.29) is 5.54 Å². The highest BCUT2D eigenvalue weighted by Crippen LogP contribution is 2.32. The molecule has 0 saturated carbocycles. The number of hydrogen-bond acceptors (Lipinski definition) is 4. The molecule has 0 bridgehead atoms. The molecule has 0 aliphatic carbocycles. The number of aryl methyl sites for hydroxylation is 2. The highest BCUT2D eigenvalue weighted by Gasteiger charge is 2.29. The molecule has 1 aliphatic rings. The fourth-order valence-corrected chi connectivity index (χ4v) is 3.95. The van der Waals surface area contributed by atoms with Crippen LogP contribution in [0.5, 0.6) is 0 Å². The van der Waals surface area contributed by atoms with Gasteiger partial charge in [-0.25, -0.2) is 4.98 Å². The van der Waals surface area contributed by atoms with E-state index in [9.17, 15) is 0 Å². The van der Waals surface area contributed by atoms with Crippen LogP contribution in [-0.4, -0.2) is 35.1 Å². The van der Waals surface area contributed by atoms with Gasteiger partial charge in [0.15, 0.2) is 0 Å². The predicted molar refractivity (Wildman–Crippen MR) is 87.4 cm³/mol. The zero-order valence-electron chi connectivity index (χ0n) is 13.8. The summed E-state index contributed by atoms with van der Waals surface area (Å²) in [6, 6.07) is 0.515. The zero-order chi connectivity index (χ0) is 14.9. The van der Waals surface area contributed by atoms with E-state index in [0.29, 0.717) is 6.04 Å². The van der Waals surface area contributed by atoms with Gasteiger partial charge in [-0.1, -0.05) is 0 Å². The van der Waals surface area contributed by atoms with Crippen molar-refractivity contribution in [1.82, 2.24) is 15.2 Å². The maximum absolute atomic E-state index is 4.57. The van der Waals surface area contributed by atoms with Gasteiger partial charge in [-0.05, 0) is 67.0 Å². The zero-order valence-corrected chi connectivity index (χ0v) is 14.6. The Bertz CT molecular complexity index is 447. The summed E-state index contributed by atoms with van der Waals surface area (Å²) in [4.78, 5) is 8.64. The van der Waals surface area contributed by atoms with Gasteiger partial charge in [0.25, 0.3) is 0 Å². The molecular formula is C16H29N3S. The molecule has 1 aromatic rings. The van der Waals surface area contributed by atoms with Crippen molar-refractivity contribution in [1.29, 1.82) is 0 Å². The van der Waals surface area contributed by atoms with E-state index in [1.54, 1.807) is 0 Å². The highest BCUT2D eigenvalue weighted by atomic mass is 32.1. The quantitative estimate of drug-likeness (QED) is 0.921. The van der Waals surface area contributed by atoms with Crippen molar-refractivity contribution >= 4 is 11.3 Å². The van der Waals surface area contributed by atoms with Gasteiger partial charge in [0.1, 0.15) is 0 Å². The molecule has 2 heterocycles. The Balaban J connectivity index is 1.90. The van der Waals surface area contributed by atoms with Crippen molar-refractivity contribution in [3.05, 3.63) is 15.6 Å². The Labute approximate surface area is 127 Å². The van der Waals surface area contributed by atoms with Crippen LogP contribution in [0.1, 0.15) is 55.7 Å². The molecule has 1 saturated heterocycles. The first-order valence-electron chi connectivity index (χ1n) is 7.69. The molecule has 1 N–H and O–H groups in total. The third-order valence-electron chi connectivity index (χ3n) is 4.10. The van der Waals surface area contributed by atoms with Gasteiger partial charge in [-0.2, -0.15) is 0 Å². The van der Waals surface area contributed by atoms with E-state index in [1.807, 2.05) is 11.3 Å². The Kier molecular flexibility index (Phi) is 4.88. The smallest absolute Gasteiger partial charge is 0.0900 e. The van der Waals surface area contributed by atoms with Crippen LogP contribution < -0.4 is 5.32 Å². The number of thiazole rings is 1. The largest absolute Gasteiger partial charge is 0.312 e. The molecule has 0 amide bonds. The van der Waals surface area contributed by atoms with Gasteiger partial charge in [0.05, 0.1) is 10.7 Å². The Morgan fingerprint density at radius 1 is 1.40 bits per heavy atom. The number of aromatic nitrogens is 1. The van der Waals surface area contributed by atoms with Gasteiger partial charge in [0.2, 0.25) is 0 Å². The summed E-state index contributed by atoms with van der Waals surface area (Å²) >= 11 is 1.86. The van der Waals surface area contributed by atoms with E-state index >= 15 is 0 Å². The average Bonchev–Trinajstić information content (AvgIpc) is 2.91. The van der Waals surface area contributed by atoms with Crippen LogP contribution in [0.4, 0.5) is 0 Å². The van der Waals surface area contributed by atoms with Gasteiger partial charge < -0.3 is 5.32 Å². The van der Waals surface area contributed by atoms with Crippen LogP contribution in [-0.2, 0) is 0 Å². The first kappa shape index (κ1) is 15.9. The van der Waals surface area contributed by atoms with Crippen molar-refractivity contribution in [3.63, 3.8) is 0 Å². The lowest BCUT2D eigenvalue weighted by atomic mass is 10.1. The second-order valence-corrected chi connectivity index (χ2v) is 8.37. The normalized spacial score (nSPS) is 22.4. The Morgan fingerprint density at radius 3 is 2.65 bits per heavy atom. The Morgan fingerprint density at radius 2 is 2.10 bits per heavy atom. The van der Waals surface area contributed by atoms with Crippen molar-refractivity contribution < 1.29 is 0 Å². The first-order chi connectivity index (χ1) is 9.26. The molecule has 3 nitrogen and oxygen atoms in total. The number of nitrogens with zero attached hydrogens (tertiary/aromatic N) is 2. The molecule has 0 radical (unpaired) electrons. The second-order valence-electron chi connectivity index (χ2n) is 7.14. The van der Waals surface area contributed by atoms with Crippen LogP contribution in [0.15, 0.2) is 0 Å². The lowest BCUT2D eigenvalue weighted by Crippen LogP contribution is -2.39. The van der Waals surface area contributed by atoms with Crippen LogP contribution in [0, 0.1) is 19.8 Å². The summed E-state index contributed by atoms with van der Waals surface area (Å²) in [6.45, 7) is 16.9. The minimum absolute atomic E-state index is 0.227. The fraction of sp³-hybridized carbons (Fsp3) is 0.812. The van der Waals surface area contributed by atoms with Gasteiger partial charge in [-0.3, -0.25) is 4.90 Å². The minimum atomic E-state index is 0.227. The molecule has 0 aromatic carbocycles. The van der Waals surface area contributed by atoms with Crippen LogP contribution in [0.25, 0.3) is 0 Å². The average molecular weight is 295 g/mol. The molecule has 1 fully saturated rings. The number of nitrogens with one attached hydrogen (secondary N) is 1. The molecule has 2 unspecified atom stereocenters. The van der Waals surface area contributed by atoms with E-state index in [2.05, 4.69) is 56.7 Å². The minimum Gasteiger partial charge on any atom is -0.312 e. The molecule has 0 spiro atoms. The lowest BCUT2D eigenvalue weighted by Gasteiger charge is -2.25. The molecule has 4 heteroatoms. The molecule has 1 aromatic heterocycles. The number of hydrogen-bond donors (Lipinski definition) is 1. The second kappa shape index (κ2) is 6.12. The van der Waals surface area contributed by atoms with E-state index in [0.717, 1.165) is 12.5 Å². The first-order valence-corrected chi connectivity index (χ1v) is 8.51. The van der Waals surface area contributed by atoms with E-state index in [1.165, 1.54) is 35.1 Å². The maximum atomic E-state index is 4.57. The van der Waals surface area contributed by atoms with Crippen LogP contribution in [0.3, 0.4) is 0 Å². The molecule has 114 valence electrons. The monoisotopic (exact) mass is 295 g/mol. The summed E-state index contributed by atoms with van der Waals surface area (Å²) in [5.74, 6) is 0.783. The highest BCUT2D eigenvalue weighted by molar-refractivity contribution is 7.11. The fourth-order valence-electron chi connectivity index (χ4n) is 2.93. The summed E-state index contributed by atoms with van der Waals surface area (Å²) in [5, 5.41) is 4.83. The summed E-state index contributed by atoms with van der Waals surface area (Å²) in [5.41, 5.74) is 1.45. The molecule has 2 atom stereocenters. The van der Waals surface area contributed by atoms with Gasteiger partial charge >= 0.3 is 0 Å². The molecule has 1 aliphatic heterocycles. The van der Waals surface area contributed by atoms with Crippen LogP contribution in [0.2, 0.25) is 0 Å².